The average molecular weight is 256 g/mol. The van der Waals surface area contributed by atoms with Crippen molar-refractivity contribution in [3.63, 3.8) is 0 Å². The zero-order valence-corrected chi connectivity index (χ0v) is 10.9. The smallest absolute Gasteiger partial charge is 0.127 e. The molecule has 1 fully saturated rings. The Hall–Kier alpha value is -0.600. The summed E-state index contributed by atoms with van der Waals surface area (Å²) >= 11 is 5.72. The fraction of sp³-hybridized carbons (Fsp3) is 0.571. The van der Waals surface area contributed by atoms with Gasteiger partial charge in [0.25, 0.3) is 0 Å². The fourth-order valence-corrected chi connectivity index (χ4v) is 2.04. The molecule has 1 N–H and O–H groups in total. The van der Waals surface area contributed by atoms with Gasteiger partial charge in [-0.15, -0.1) is 0 Å². The molecule has 1 atom stereocenters. The third kappa shape index (κ3) is 4.29. The SMILES string of the molecule is CC(CCc1ccc(Cl)cc1F)CNC1CC1. The maximum absolute atomic E-state index is 13.5. The molecule has 0 saturated heterocycles. The Morgan fingerprint density at radius 3 is 2.88 bits per heavy atom. The van der Waals surface area contributed by atoms with Gasteiger partial charge in [0, 0.05) is 11.1 Å². The molecule has 1 aromatic carbocycles. The van der Waals surface area contributed by atoms with Gasteiger partial charge in [-0.25, -0.2) is 4.39 Å². The molecule has 0 bridgehead atoms. The van der Waals surface area contributed by atoms with Gasteiger partial charge in [-0.3, -0.25) is 0 Å². The van der Waals surface area contributed by atoms with E-state index in [4.69, 9.17) is 11.6 Å². The first kappa shape index (κ1) is 12.8. The lowest BCUT2D eigenvalue weighted by atomic mass is 10.0. The van der Waals surface area contributed by atoms with E-state index in [-0.39, 0.29) is 5.82 Å². The molecule has 3 heteroatoms. The number of hydrogen-bond acceptors (Lipinski definition) is 1. The van der Waals surface area contributed by atoms with Crippen molar-refractivity contribution in [1.82, 2.24) is 5.32 Å². The lowest BCUT2D eigenvalue weighted by Gasteiger charge is -2.12. The summed E-state index contributed by atoms with van der Waals surface area (Å²) in [6, 6.07) is 5.69. The number of aryl methyl sites for hydroxylation is 1. The Morgan fingerprint density at radius 2 is 2.24 bits per heavy atom. The van der Waals surface area contributed by atoms with Gasteiger partial charge in [0.1, 0.15) is 5.82 Å². The van der Waals surface area contributed by atoms with Gasteiger partial charge < -0.3 is 5.32 Å². The molecular weight excluding hydrogens is 237 g/mol. The molecule has 1 aromatic rings. The minimum Gasteiger partial charge on any atom is -0.314 e. The van der Waals surface area contributed by atoms with Crippen LogP contribution >= 0.6 is 11.6 Å². The van der Waals surface area contributed by atoms with Crippen LogP contribution in [0.1, 0.15) is 31.7 Å². The molecular formula is C14H19ClFN. The van der Waals surface area contributed by atoms with Crippen LogP contribution in [0.25, 0.3) is 0 Å². The topological polar surface area (TPSA) is 12.0 Å². The highest BCUT2D eigenvalue weighted by Gasteiger charge is 2.20. The second-order valence-corrected chi connectivity index (χ2v) is 5.50. The highest BCUT2D eigenvalue weighted by Crippen LogP contribution is 2.20. The Labute approximate surface area is 107 Å². The van der Waals surface area contributed by atoms with Gasteiger partial charge in [0.05, 0.1) is 0 Å². The quantitative estimate of drug-likeness (QED) is 0.815. The molecule has 1 nitrogen and oxygen atoms in total. The molecule has 1 unspecified atom stereocenters. The zero-order valence-electron chi connectivity index (χ0n) is 10.2. The van der Waals surface area contributed by atoms with Crippen molar-refractivity contribution < 1.29 is 4.39 Å². The molecule has 1 saturated carbocycles. The third-order valence-electron chi connectivity index (χ3n) is 3.25. The Bertz CT molecular complexity index is 376. The van der Waals surface area contributed by atoms with Gasteiger partial charge in [-0.1, -0.05) is 24.6 Å². The molecule has 17 heavy (non-hydrogen) atoms. The molecule has 0 radical (unpaired) electrons. The average Bonchev–Trinajstić information content (AvgIpc) is 3.09. The molecule has 0 amide bonds. The third-order valence-corrected chi connectivity index (χ3v) is 3.49. The van der Waals surface area contributed by atoms with Crippen molar-refractivity contribution in [3.05, 3.63) is 34.6 Å². The molecule has 0 aromatic heterocycles. The summed E-state index contributed by atoms with van der Waals surface area (Å²) in [5.74, 6) is 0.408. The first-order valence-corrected chi connectivity index (χ1v) is 6.70. The number of hydrogen-bond donors (Lipinski definition) is 1. The molecule has 0 spiro atoms. The van der Waals surface area contributed by atoms with Crippen LogP contribution in [0.4, 0.5) is 4.39 Å². The number of halogens is 2. The second-order valence-electron chi connectivity index (χ2n) is 5.06. The van der Waals surface area contributed by atoms with Crippen LogP contribution in [0.3, 0.4) is 0 Å². The number of nitrogens with one attached hydrogen (secondary N) is 1. The normalized spacial score (nSPS) is 17.1. The standard InChI is InChI=1S/C14H19ClFN/c1-10(9-17-13-6-7-13)2-3-11-4-5-12(15)8-14(11)16/h4-5,8,10,13,17H,2-3,6-7,9H2,1H3. The van der Waals surface area contributed by atoms with Gasteiger partial charge in [-0.2, -0.15) is 0 Å². The van der Waals surface area contributed by atoms with Gasteiger partial charge in [0.15, 0.2) is 0 Å². The summed E-state index contributed by atoms with van der Waals surface area (Å²) in [4.78, 5) is 0. The van der Waals surface area contributed by atoms with Crippen molar-refractivity contribution in [1.29, 1.82) is 0 Å². The van der Waals surface area contributed by atoms with Crippen molar-refractivity contribution >= 4 is 11.6 Å². The predicted molar refractivity (Wildman–Crippen MR) is 69.9 cm³/mol. The van der Waals surface area contributed by atoms with Crippen LogP contribution in [0.2, 0.25) is 5.02 Å². The van der Waals surface area contributed by atoms with E-state index in [0.29, 0.717) is 10.9 Å². The minimum absolute atomic E-state index is 0.181. The Balaban J connectivity index is 1.75. The van der Waals surface area contributed by atoms with Crippen molar-refractivity contribution in [2.45, 2.75) is 38.6 Å². The van der Waals surface area contributed by atoms with E-state index in [1.165, 1.54) is 18.9 Å². The summed E-state index contributed by atoms with van der Waals surface area (Å²) in [6.45, 7) is 3.25. The Morgan fingerprint density at radius 1 is 1.47 bits per heavy atom. The largest absolute Gasteiger partial charge is 0.314 e. The fourth-order valence-electron chi connectivity index (χ4n) is 1.88. The first-order chi connectivity index (χ1) is 8.15. The van der Waals surface area contributed by atoms with E-state index < -0.39 is 0 Å². The van der Waals surface area contributed by atoms with E-state index >= 15 is 0 Å². The predicted octanol–water partition coefficient (Wildman–Crippen LogP) is 3.80. The van der Waals surface area contributed by atoms with E-state index in [1.807, 2.05) is 0 Å². The molecule has 94 valence electrons. The second kappa shape index (κ2) is 5.83. The van der Waals surface area contributed by atoms with E-state index in [9.17, 15) is 4.39 Å². The highest BCUT2D eigenvalue weighted by atomic mass is 35.5. The summed E-state index contributed by atoms with van der Waals surface area (Å²) in [7, 11) is 0. The van der Waals surface area contributed by atoms with Gasteiger partial charge in [-0.05, 0) is 55.8 Å². The number of benzene rings is 1. The zero-order chi connectivity index (χ0) is 12.3. The first-order valence-electron chi connectivity index (χ1n) is 6.32. The van der Waals surface area contributed by atoms with E-state index in [1.54, 1.807) is 12.1 Å². The Kier molecular flexibility index (Phi) is 4.41. The maximum atomic E-state index is 13.5. The minimum atomic E-state index is -0.181. The number of rotatable bonds is 6. The van der Waals surface area contributed by atoms with Crippen LogP contribution in [-0.4, -0.2) is 12.6 Å². The van der Waals surface area contributed by atoms with Crippen molar-refractivity contribution in [2.24, 2.45) is 5.92 Å². The molecule has 0 aliphatic heterocycles. The van der Waals surface area contributed by atoms with Crippen LogP contribution < -0.4 is 5.32 Å². The summed E-state index contributed by atoms with van der Waals surface area (Å²) in [5, 5.41) is 3.97. The highest BCUT2D eigenvalue weighted by molar-refractivity contribution is 6.30. The van der Waals surface area contributed by atoms with Gasteiger partial charge >= 0.3 is 0 Å². The lowest BCUT2D eigenvalue weighted by Crippen LogP contribution is -2.23. The van der Waals surface area contributed by atoms with Gasteiger partial charge in [0.2, 0.25) is 0 Å². The van der Waals surface area contributed by atoms with Crippen LogP contribution in [-0.2, 0) is 6.42 Å². The van der Waals surface area contributed by atoms with Crippen LogP contribution in [0.15, 0.2) is 18.2 Å². The molecule has 0 heterocycles. The summed E-state index contributed by atoms with van der Waals surface area (Å²) < 4.78 is 13.5. The summed E-state index contributed by atoms with van der Waals surface area (Å²) in [5.41, 5.74) is 0.771. The van der Waals surface area contributed by atoms with Crippen LogP contribution in [0.5, 0.6) is 0 Å². The molecule has 1 aliphatic rings. The maximum Gasteiger partial charge on any atom is 0.127 e. The summed E-state index contributed by atoms with van der Waals surface area (Å²) in [6.07, 6.45) is 4.44. The van der Waals surface area contributed by atoms with E-state index in [0.717, 1.165) is 31.0 Å². The van der Waals surface area contributed by atoms with Crippen molar-refractivity contribution in [3.8, 4) is 0 Å². The lowest BCUT2D eigenvalue weighted by molar-refractivity contribution is 0.474. The molecule has 1 aliphatic carbocycles. The van der Waals surface area contributed by atoms with Crippen LogP contribution in [0, 0.1) is 11.7 Å². The molecule has 2 rings (SSSR count). The monoisotopic (exact) mass is 255 g/mol. The van der Waals surface area contributed by atoms with Crippen molar-refractivity contribution in [2.75, 3.05) is 6.54 Å². The van der Waals surface area contributed by atoms with E-state index in [2.05, 4.69) is 12.2 Å².